The van der Waals surface area contributed by atoms with E-state index in [0.717, 1.165) is 18.6 Å². The minimum absolute atomic E-state index is 0.0283. The van der Waals surface area contributed by atoms with Gasteiger partial charge in [0.05, 0.1) is 12.7 Å². The molecule has 1 aromatic carbocycles. The van der Waals surface area contributed by atoms with Crippen LogP contribution in [-0.2, 0) is 4.74 Å². The largest absolute Gasteiger partial charge is 0.373 e. The average Bonchev–Trinajstić information content (AvgIpc) is 3.02. The van der Waals surface area contributed by atoms with Gasteiger partial charge in [-0.25, -0.2) is 0 Å². The topological polar surface area (TPSA) is 81.6 Å². The molecule has 4 nitrogen and oxygen atoms in total. The maximum Gasteiger partial charge on any atom is 0.248 e. The van der Waals surface area contributed by atoms with E-state index in [4.69, 9.17) is 16.2 Å². The van der Waals surface area contributed by atoms with Crippen molar-refractivity contribution in [3.63, 3.8) is 0 Å². The summed E-state index contributed by atoms with van der Waals surface area (Å²) in [6.45, 7) is 0.813. The first kappa shape index (κ1) is 10.1. The Hall–Kier alpha value is -1.39. The Morgan fingerprint density at radius 1 is 1.47 bits per heavy atom. The Balaban J connectivity index is 2.04. The summed E-state index contributed by atoms with van der Waals surface area (Å²) in [7, 11) is 0. The molecule has 1 aliphatic heterocycles. The van der Waals surface area contributed by atoms with Gasteiger partial charge in [-0.3, -0.25) is 4.79 Å². The number of carbonyl (C=O) groups excluding carboxylic acids is 1. The van der Waals surface area contributed by atoms with E-state index in [-0.39, 0.29) is 6.04 Å². The molecule has 1 amide bonds. The Labute approximate surface area is 88.2 Å². The number of primary amides is 1. The number of epoxide rings is 1. The molecule has 2 rings (SSSR count). The number of rotatable bonds is 4. The molecular weight excluding hydrogens is 192 g/mol. The van der Waals surface area contributed by atoms with Crippen molar-refractivity contribution >= 4 is 5.91 Å². The van der Waals surface area contributed by atoms with Crippen molar-refractivity contribution in [1.82, 2.24) is 0 Å². The number of benzene rings is 1. The summed E-state index contributed by atoms with van der Waals surface area (Å²) < 4.78 is 5.11. The first-order valence-electron chi connectivity index (χ1n) is 4.94. The van der Waals surface area contributed by atoms with Gasteiger partial charge in [0, 0.05) is 11.6 Å². The van der Waals surface area contributed by atoms with E-state index in [9.17, 15) is 4.79 Å². The van der Waals surface area contributed by atoms with E-state index in [1.165, 1.54) is 0 Å². The van der Waals surface area contributed by atoms with Gasteiger partial charge in [0.2, 0.25) is 5.91 Å². The number of hydrogen-bond acceptors (Lipinski definition) is 3. The van der Waals surface area contributed by atoms with Crippen LogP contribution in [-0.4, -0.2) is 18.6 Å². The van der Waals surface area contributed by atoms with Gasteiger partial charge in [0.15, 0.2) is 0 Å². The summed E-state index contributed by atoms with van der Waals surface area (Å²) in [6, 6.07) is 7.05. The summed E-state index contributed by atoms with van der Waals surface area (Å²) in [6.07, 6.45) is 1.14. The van der Waals surface area contributed by atoms with Gasteiger partial charge in [0.1, 0.15) is 0 Å². The molecule has 80 valence electrons. The number of ether oxygens (including phenoxy) is 1. The standard InChI is InChI=1S/C11H14N2O2/c12-10(5-9-6-15-9)7-1-3-8(4-2-7)11(13)14/h1-4,9-10H,5-6,12H2,(H2,13,14). The van der Waals surface area contributed by atoms with Crippen molar-refractivity contribution in [1.29, 1.82) is 0 Å². The first-order chi connectivity index (χ1) is 7.16. The lowest BCUT2D eigenvalue weighted by molar-refractivity contribution is 0.100. The van der Waals surface area contributed by atoms with E-state index in [1.807, 2.05) is 12.1 Å². The van der Waals surface area contributed by atoms with Crippen molar-refractivity contribution in [3.8, 4) is 0 Å². The van der Waals surface area contributed by atoms with Crippen LogP contribution in [0, 0.1) is 0 Å². The third kappa shape index (κ3) is 2.55. The number of nitrogens with two attached hydrogens (primary N) is 2. The van der Waals surface area contributed by atoms with Gasteiger partial charge in [0.25, 0.3) is 0 Å². The van der Waals surface area contributed by atoms with Crippen molar-refractivity contribution in [2.24, 2.45) is 11.5 Å². The average molecular weight is 206 g/mol. The van der Waals surface area contributed by atoms with Gasteiger partial charge < -0.3 is 16.2 Å². The molecular formula is C11H14N2O2. The molecule has 0 spiro atoms. The zero-order chi connectivity index (χ0) is 10.8. The SMILES string of the molecule is NC(=O)c1ccc(C(N)CC2CO2)cc1. The van der Waals surface area contributed by atoms with Crippen LogP contribution in [0.3, 0.4) is 0 Å². The second-order valence-electron chi connectivity index (χ2n) is 3.78. The van der Waals surface area contributed by atoms with Crippen molar-refractivity contribution < 1.29 is 9.53 Å². The van der Waals surface area contributed by atoms with E-state index >= 15 is 0 Å². The summed E-state index contributed by atoms with van der Waals surface area (Å²) in [5.74, 6) is -0.416. The van der Waals surface area contributed by atoms with Crippen molar-refractivity contribution in [3.05, 3.63) is 35.4 Å². The van der Waals surface area contributed by atoms with Gasteiger partial charge >= 0.3 is 0 Å². The molecule has 1 fully saturated rings. The molecule has 4 heteroatoms. The molecule has 0 radical (unpaired) electrons. The van der Waals surface area contributed by atoms with Crippen LogP contribution < -0.4 is 11.5 Å². The highest BCUT2D eigenvalue weighted by Crippen LogP contribution is 2.23. The maximum atomic E-state index is 10.8. The van der Waals surface area contributed by atoms with E-state index in [2.05, 4.69) is 0 Å². The third-order valence-electron chi connectivity index (χ3n) is 2.54. The molecule has 1 saturated heterocycles. The van der Waals surface area contributed by atoms with E-state index in [0.29, 0.717) is 11.7 Å². The monoisotopic (exact) mass is 206 g/mol. The van der Waals surface area contributed by atoms with Crippen LogP contribution in [0.2, 0.25) is 0 Å². The Bertz CT molecular complexity index is 357. The third-order valence-corrected chi connectivity index (χ3v) is 2.54. The second-order valence-corrected chi connectivity index (χ2v) is 3.78. The highest BCUT2D eigenvalue weighted by atomic mass is 16.6. The molecule has 0 aromatic heterocycles. The van der Waals surface area contributed by atoms with Gasteiger partial charge in [-0.1, -0.05) is 12.1 Å². The maximum absolute atomic E-state index is 10.8. The predicted molar refractivity (Wildman–Crippen MR) is 56.2 cm³/mol. The number of amides is 1. The van der Waals surface area contributed by atoms with E-state index in [1.54, 1.807) is 12.1 Å². The molecule has 2 unspecified atom stereocenters. The van der Waals surface area contributed by atoms with Crippen LogP contribution in [0.25, 0.3) is 0 Å². The van der Waals surface area contributed by atoms with Crippen LogP contribution in [0.5, 0.6) is 0 Å². The fourth-order valence-electron chi connectivity index (χ4n) is 1.52. The number of carbonyl (C=O) groups is 1. The molecule has 2 atom stereocenters. The van der Waals surface area contributed by atoms with Crippen molar-refractivity contribution in [2.45, 2.75) is 18.6 Å². The van der Waals surface area contributed by atoms with E-state index < -0.39 is 5.91 Å². The molecule has 0 aliphatic carbocycles. The first-order valence-corrected chi connectivity index (χ1v) is 4.94. The molecule has 1 aromatic rings. The lowest BCUT2D eigenvalue weighted by atomic mass is 10.0. The minimum atomic E-state index is -0.416. The zero-order valence-electron chi connectivity index (χ0n) is 8.35. The quantitative estimate of drug-likeness (QED) is 0.707. The Kier molecular flexibility index (Phi) is 2.70. The summed E-state index contributed by atoms with van der Waals surface area (Å²) in [4.78, 5) is 10.8. The highest BCUT2D eigenvalue weighted by Gasteiger charge is 2.25. The summed E-state index contributed by atoms with van der Waals surface area (Å²) in [5, 5.41) is 0. The minimum Gasteiger partial charge on any atom is -0.373 e. The van der Waals surface area contributed by atoms with Crippen LogP contribution in [0.1, 0.15) is 28.4 Å². The van der Waals surface area contributed by atoms with Gasteiger partial charge in [-0.15, -0.1) is 0 Å². The molecule has 15 heavy (non-hydrogen) atoms. The normalized spacial score (nSPS) is 21.0. The van der Waals surface area contributed by atoms with Crippen molar-refractivity contribution in [2.75, 3.05) is 6.61 Å². The Morgan fingerprint density at radius 2 is 2.07 bits per heavy atom. The van der Waals surface area contributed by atoms with Gasteiger partial charge in [-0.05, 0) is 24.1 Å². The molecule has 1 heterocycles. The highest BCUT2D eigenvalue weighted by molar-refractivity contribution is 5.92. The fourth-order valence-corrected chi connectivity index (χ4v) is 1.52. The fraction of sp³-hybridized carbons (Fsp3) is 0.364. The van der Waals surface area contributed by atoms with Crippen LogP contribution in [0.4, 0.5) is 0 Å². The Morgan fingerprint density at radius 3 is 2.53 bits per heavy atom. The second kappa shape index (κ2) is 4.00. The van der Waals surface area contributed by atoms with Crippen LogP contribution in [0.15, 0.2) is 24.3 Å². The smallest absolute Gasteiger partial charge is 0.248 e. The molecule has 4 N–H and O–H groups in total. The zero-order valence-corrected chi connectivity index (χ0v) is 8.35. The number of hydrogen-bond donors (Lipinski definition) is 2. The van der Waals surface area contributed by atoms with Crippen LogP contribution >= 0.6 is 0 Å². The predicted octanol–water partition coefficient (Wildman–Crippen LogP) is 0.574. The lowest BCUT2D eigenvalue weighted by Gasteiger charge is -2.10. The summed E-state index contributed by atoms with van der Waals surface area (Å²) >= 11 is 0. The summed E-state index contributed by atoms with van der Waals surface area (Å²) in [5.41, 5.74) is 12.6. The lowest BCUT2D eigenvalue weighted by Crippen LogP contribution is -2.14. The van der Waals surface area contributed by atoms with Gasteiger partial charge in [-0.2, -0.15) is 0 Å². The molecule has 0 saturated carbocycles. The molecule has 0 bridgehead atoms. The molecule has 1 aliphatic rings.